The van der Waals surface area contributed by atoms with Crippen LogP contribution in [0.25, 0.3) is 0 Å². The summed E-state index contributed by atoms with van der Waals surface area (Å²) < 4.78 is 16.6. The minimum Gasteiger partial charge on any atom is -0.462 e. The van der Waals surface area contributed by atoms with Crippen LogP contribution in [0.15, 0.2) is 97.2 Å². The van der Waals surface area contributed by atoms with Crippen LogP contribution in [0.2, 0.25) is 0 Å². The van der Waals surface area contributed by atoms with Crippen molar-refractivity contribution >= 4 is 17.9 Å². The first-order chi connectivity index (χ1) is 28.5. The van der Waals surface area contributed by atoms with Crippen LogP contribution in [0.1, 0.15) is 194 Å². The van der Waals surface area contributed by atoms with E-state index >= 15 is 0 Å². The Morgan fingerprint density at radius 3 is 1.14 bits per heavy atom. The Morgan fingerprint density at radius 1 is 0.362 bits per heavy atom. The largest absolute Gasteiger partial charge is 0.462 e. The van der Waals surface area contributed by atoms with E-state index in [1.807, 2.05) is 12.2 Å². The smallest absolute Gasteiger partial charge is 0.306 e. The zero-order valence-electron chi connectivity index (χ0n) is 37.3. The molecule has 0 aliphatic carbocycles. The standard InChI is InChI=1S/C52H84O6/c1-4-7-10-13-16-19-22-24-25-26-28-30-33-36-39-42-45-51(54)57-48-49(47-56-50(53)44-41-38-35-32-29-21-18-15-12-9-6-3)58-52(55)46-43-40-37-34-31-27-23-20-17-14-11-8-5-2/h7,9-10,12,16,18-19,21,24-25,28,30,32,35-36,39,49H,4-6,8,11,13-15,17,20,22-23,26-27,29,31,33-34,37-38,40-48H2,1-3H3/b10-7-,12-9-,19-16-,21-18-,25-24-,30-28-,35-32-,39-36-. The van der Waals surface area contributed by atoms with E-state index < -0.39 is 6.10 Å². The molecule has 0 N–H and O–H groups in total. The van der Waals surface area contributed by atoms with Crippen LogP contribution in [-0.2, 0) is 28.6 Å². The van der Waals surface area contributed by atoms with E-state index in [1.165, 1.54) is 64.2 Å². The first-order valence-electron chi connectivity index (χ1n) is 23.2. The minimum absolute atomic E-state index is 0.127. The molecule has 6 nitrogen and oxygen atoms in total. The number of unbranched alkanes of at least 4 members (excludes halogenated alkanes) is 13. The number of hydrogen-bond donors (Lipinski definition) is 0. The van der Waals surface area contributed by atoms with E-state index in [0.717, 1.165) is 77.0 Å². The monoisotopic (exact) mass is 805 g/mol. The first-order valence-corrected chi connectivity index (χ1v) is 23.2. The van der Waals surface area contributed by atoms with Crippen molar-refractivity contribution in [3.63, 3.8) is 0 Å². The highest BCUT2D eigenvalue weighted by Gasteiger charge is 2.19. The number of hydrogen-bond acceptors (Lipinski definition) is 6. The van der Waals surface area contributed by atoms with Gasteiger partial charge in [0.25, 0.3) is 0 Å². The van der Waals surface area contributed by atoms with Crippen LogP contribution < -0.4 is 0 Å². The topological polar surface area (TPSA) is 78.9 Å². The van der Waals surface area contributed by atoms with Gasteiger partial charge in [-0.1, -0.05) is 195 Å². The lowest BCUT2D eigenvalue weighted by Crippen LogP contribution is -2.30. The molecule has 58 heavy (non-hydrogen) atoms. The molecule has 0 saturated heterocycles. The summed E-state index contributed by atoms with van der Waals surface area (Å²) in [6.07, 6.45) is 59.8. The molecule has 0 spiro atoms. The molecule has 0 heterocycles. The second kappa shape index (κ2) is 46.0. The van der Waals surface area contributed by atoms with Crippen LogP contribution in [0.5, 0.6) is 0 Å². The number of allylic oxidation sites excluding steroid dienone is 16. The van der Waals surface area contributed by atoms with Crippen molar-refractivity contribution < 1.29 is 28.6 Å². The molecule has 0 aromatic heterocycles. The Morgan fingerprint density at radius 2 is 0.707 bits per heavy atom. The van der Waals surface area contributed by atoms with Crippen molar-refractivity contribution in [2.75, 3.05) is 13.2 Å². The third kappa shape index (κ3) is 43.5. The Labute approximate surface area is 356 Å². The molecular weight excluding hydrogens is 721 g/mol. The van der Waals surface area contributed by atoms with Gasteiger partial charge in [-0.25, -0.2) is 0 Å². The molecule has 1 unspecified atom stereocenters. The van der Waals surface area contributed by atoms with Crippen molar-refractivity contribution in [2.45, 2.75) is 200 Å². The molecule has 0 bridgehead atoms. The molecule has 0 aliphatic heterocycles. The van der Waals surface area contributed by atoms with E-state index in [2.05, 4.69) is 106 Å². The zero-order valence-corrected chi connectivity index (χ0v) is 37.3. The summed E-state index contributed by atoms with van der Waals surface area (Å²) in [5.41, 5.74) is 0. The normalized spacial score (nSPS) is 12.9. The van der Waals surface area contributed by atoms with Gasteiger partial charge >= 0.3 is 17.9 Å². The maximum atomic E-state index is 12.7. The molecule has 0 aliphatic rings. The highest BCUT2D eigenvalue weighted by Crippen LogP contribution is 2.14. The van der Waals surface area contributed by atoms with Gasteiger partial charge in [0.1, 0.15) is 13.2 Å². The van der Waals surface area contributed by atoms with Gasteiger partial charge < -0.3 is 14.2 Å². The summed E-state index contributed by atoms with van der Waals surface area (Å²) in [5.74, 6) is -1.07. The van der Waals surface area contributed by atoms with Gasteiger partial charge in [0, 0.05) is 19.3 Å². The van der Waals surface area contributed by atoms with Gasteiger partial charge in [-0.05, 0) is 77.0 Å². The second-order valence-corrected chi connectivity index (χ2v) is 14.9. The van der Waals surface area contributed by atoms with E-state index in [0.29, 0.717) is 19.3 Å². The third-order valence-corrected chi connectivity index (χ3v) is 9.35. The van der Waals surface area contributed by atoms with Gasteiger partial charge in [-0.2, -0.15) is 0 Å². The van der Waals surface area contributed by atoms with Crippen LogP contribution in [-0.4, -0.2) is 37.2 Å². The van der Waals surface area contributed by atoms with Crippen molar-refractivity contribution in [1.82, 2.24) is 0 Å². The highest BCUT2D eigenvalue weighted by atomic mass is 16.6. The first kappa shape index (κ1) is 54.3. The molecule has 0 amide bonds. The molecule has 0 radical (unpaired) electrons. The Bertz CT molecular complexity index is 1200. The summed E-state index contributed by atoms with van der Waals surface area (Å²) in [4.78, 5) is 37.7. The van der Waals surface area contributed by atoms with Gasteiger partial charge in [-0.3, -0.25) is 14.4 Å². The predicted molar refractivity (Wildman–Crippen MR) is 247 cm³/mol. The van der Waals surface area contributed by atoms with Crippen molar-refractivity contribution in [3.8, 4) is 0 Å². The van der Waals surface area contributed by atoms with Crippen LogP contribution >= 0.6 is 0 Å². The average molecular weight is 805 g/mol. The van der Waals surface area contributed by atoms with Crippen LogP contribution in [0, 0.1) is 0 Å². The lowest BCUT2D eigenvalue weighted by molar-refractivity contribution is -0.166. The maximum absolute atomic E-state index is 12.7. The summed E-state index contributed by atoms with van der Waals surface area (Å²) >= 11 is 0. The van der Waals surface area contributed by atoms with Crippen molar-refractivity contribution in [2.24, 2.45) is 0 Å². The number of carbonyl (C=O) groups is 3. The van der Waals surface area contributed by atoms with E-state index in [9.17, 15) is 14.4 Å². The molecule has 0 rings (SSSR count). The lowest BCUT2D eigenvalue weighted by atomic mass is 10.0. The fraction of sp³-hybridized carbons (Fsp3) is 0.635. The van der Waals surface area contributed by atoms with E-state index in [-0.39, 0.29) is 44.0 Å². The van der Waals surface area contributed by atoms with Gasteiger partial charge in [0.05, 0.1) is 0 Å². The van der Waals surface area contributed by atoms with Crippen LogP contribution in [0.4, 0.5) is 0 Å². The molecule has 328 valence electrons. The van der Waals surface area contributed by atoms with Crippen molar-refractivity contribution in [3.05, 3.63) is 97.2 Å². The fourth-order valence-corrected chi connectivity index (χ4v) is 5.92. The lowest BCUT2D eigenvalue weighted by Gasteiger charge is -2.18. The summed E-state index contributed by atoms with van der Waals surface area (Å²) in [6, 6.07) is 0. The quantitative estimate of drug-likeness (QED) is 0.0266. The molecule has 0 saturated carbocycles. The number of rotatable bonds is 40. The fourth-order valence-electron chi connectivity index (χ4n) is 5.92. The maximum Gasteiger partial charge on any atom is 0.306 e. The number of ether oxygens (including phenoxy) is 3. The number of esters is 3. The van der Waals surface area contributed by atoms with Crippen molar-refractivity contribution in [1.29, 1.82) is 0 Å². The molecule has 0 aromatic rings. The summed E-state index contributed by atoms with van der Waals surface area (Å²) in [6.45, 7) is 6.27. The Balaban J connectivity index is 4.55. The SMILES string of the molecule is CC/C=C\C/C=C\C/C=C\C/C=C\C/C=C\CCC(=O)OCC(COC(=O)CCC/C=C\C/C=C\C/C=C\CC)OC(=O)CCCCCCCCCCCCCCC. The number of carbonyl (C=O) groups excluding carboxylic acids is 3. The summed E-state index contributed by atoms with van der Waals surface area (Å²) in [5, 5.41) is 0. The predicted octanol–water partition coefficient (Wildman–Crippen LogP) is 15.0. The Hall–Kier alpha value is -3.67. The molecule has 6 heteroatoms. The van der Waals surface area contributed by atoms with Gasteiger partial charge in [-0.15, -0.1) is 0 Å². The highest BCUT2D eigenvalue weighted by molar-refractivity contribution is 5.71. The minimum atomic E-state index is -0.824. The summed E-state index contributed by atoms with van der Waals surface area (Å²) in [7, 11) is 0. The Kier molecular flexibility index (Phi) is 43.1. The van der Waals surface area contributed by atoms with E-state index in [1.54, 1.807) is 0 Å². The average Bonchev–Trinajstić information content (AvgIpc) is 3.22. The van der Waals surface area contributed by atoms with Crippen LogP contribution in [0.3, 0.4) is 0 Å². The third-order valence-electron chi connectivity index (χ3n) is 9.35. The molecule has 0 aromatic carbocycles. The molecule has 1 atom stereocenters. The van der Waals surface area contributed by atoms with Gasteiger partial charge in [0.2, 0.25) is 0 Å². The molecular formula is C52H84O6. The van der Waals surface area contributed by atoms with Gasteiger partial charge in [0.15, 0.2) is 6.10 Å². The second-order valence-electron chi connectivity index (χ2n) is 14.9. The van der Waals surface area contributed by atoms with E-state index in [4.69, 9.17) is 14.2 Å². The molecule has 0 fully saturated rings. The zero-order chi connectivity index (χ0) is 42.3.